The number of aromatic hydroxyl groups is 2. The summed E-state index contributed by atoms with van der Waals surface area (Å²) in [7, 11) is -10.1. The first-order valence-electron chi connectivity index (χ1n) is 17.5. The quantitative estimate of drug-likeness (QED) is 0.0157. The van der Waals surface area contributed by atoms with E-state index in [1.165, 1.54) is 31.2 Å². The Bertz CT molecular complexity index is 3210. The molecule has 23 heteroatoms. The van der Waals surface area contributed by atoms with Gasteiger partial charge in [0.2, 0.25) is 0 Å². The third-order valence-corrected chi connectivity index (χ3v) is 11.3. The average Bonchev–Trinajstić information content (AvgIpc) is 3.25. The number of nitrogens with zero attached hydrogens (tertiary/aromatic N) is 8. The van der Waals surface area contributed by atoms with Gasteiger partial charge in [-0.1, -0.05) is 41.4 Å². The number of aryl methyl sites for hydroxylation is 1. The Morgan fingerprint density at radius 3 is 1.61 bits per heavy atom. The number of azo groups is 4. The fourth-order valence-corrected chi connectivity index (χ4v) is 7.82. The zero-order valence-corrected chi connectivity index (χ0v) is 34.0. The number of fused-ring (bicyclic) bond motifs is 2. The highest BCUT2D eigenvalue weighted by molar-refractivity contribution is 7.94. The van der Waals surface area contributed by atoms with E-state index in [2.05, 4.69) is 50.3 Å². The van der Waals surface area contributed by atoms with Crippen LogP contribution in [0, 0.1) is 6.92 Å². The summed E-state index contributed by atoms with van der Waals surface area (Å²) in [6.45, 7) is 1.50. The number of hydrogen-bond acceptors (Lipinski definition) is 19. The minimum absolute atomic E-state index is 0.0550. The molecule has 0 unspecified atom stereocenters. The standard InChI is InChI=1S/C39H29N9O11S3/c1-21-27-19-33(62(55,56)57)37(48-44-25-14-12-24(13-15-25)42-41-22-8-4-2-5-9-22)38(49)26(27)16-17-29(21)45-46-30-20-32(61(52,53)54)28-18-31(60-59-58-51)36(39(50)34(28)35(30)40)47-43-23-10-6-3-7-11-23/h2-20,49-51H,40H2,1H3,(H,52,53,54)(H,55,56,57). The molecule has 0 saturated carbocycles. The molecule has 0 aromatic heterocycles. The van der Waals surface area contributed by atoms with Gasteiger partial charge < -0.3 is 15.9 Å². The van der Waals surface area contributed by atoms with Gasteiger partial charge in [0.1, 0.15) is 26.9 Å². The number of hydrogen-bond donors (Lipinski definition) is 6. The van der Waals surface area contributed by atoms with Crippen LogP contribution in [0.1, 0.15) is 5.56 Å². The minimum Gasteiger partial charge on any atom is -0.505 e. The maximum atomic E-state index is 12.7. The lowest BCUT2D eigenvalue weighted by atomic mass is 10.0. The number of benzene rings is 7. The van der Waals surface area contributed by atoms with Gasteiger partial charge in [-0.3, -0.25) is 9.11 Å². The lowest BCUT2D eigenvalue weighted by Crippen LogP contribution is -2.02. The zero-order chi connectivity index (χ0) is 44.2. The fraction of sp³-hybridized carbons (Fsp3) is 0.0256. The van der Waals surface area contributed by atoms with E-state index in [4.69, 9.17) is 11.0 Å². The highest BCUT2D eigenvalue weighted by Crippen LogP contribution is 2.50. The Labute approximate surface area is 355 Å². The minimum atomic E-state index is -5.06. The van der Waals surface area contributed by atoms with E-state index >= 15 is 0 Å². The lowest BCUT2D eigenvalue weighted by molar-refractivity contribution is -0.432. The lowest BCUT2D eigenvalue weighted by Gasteiger charge is -2.14. The van der Waals surface area contributed by atoms with Gasteiger partial charge in [-0.15, -0.1) is 19.7 Å². The highest BCUT2D eigenvalue weighted by Gasteiger charge is 2.26. The monoisotopic (exact) mass is 895 g/mol. The van der Waals surface area contributed by atoms with E-state index in [-0.39, 0.29) is 60.4 Å². The Morgan fingerprint density at radius 1 is 0.548 bits per heavy atom. The third-order valence-electron chi connectivity index (χ3n) is 8.94. The fourth-order valence-electron chi connectivity index (χ4n) is 5.99. The number of anilines is 1. The van der Waals surface area contributed by atoms with Crippen molar-refractivity contribution in [3.8, 4) is 11.5 Å². The molecule has 0 amide bonds. The summed E-state index contributed by atoms with van der Waals surface area (Å²) in [4.78, 5) is -1.67. The van der Waals surface area contributed by atoms with Crippen molar-refractivity contribution in [2.24, 2.45) is 40.9 Å². The van der Waals surface area contributed by atoms with Gasteiger partial charge in [0.25, 0.3) is 20.2 Å². The first-order chi connectivity index (χ1) is 29.6. The first kappa shape index (κ1) is 43.0. The summed E-state index contributed by atoms with van der Waals surface area (Å²) in [5.74, 6) is -1.37. The second-order valence-electron chi connectivity index (χ2n) is 12.8. The van der Waals surface area contributed by atoms with E-state index < -0.39 is 47.2 Å². The smallest absolute Gasteiger partial charge is 0.296 e. The number of nitrogens with two attached hydrogens (primary N) is 1. The molecule has 0 bridgehead atoms. The van der Waals surface area contributed by atoms with Crippen LogP contribution in [0.4, 0.5) is 51.2 Å². The van der Waals surface area contributed by atoms with Gasteiger partial charge >= 0.3 is 0 Å². The second-order valence-corrected chi connectivity index (χ2v) is 16.4. The van der Waals surface area contributed by atoms with Crippen molar-refractivity contribution >= 4 is 105 Å². The van der Waals surface area contributed by atoms with E-state index in [0.717, 1.165) is 18.2 Å². The van der Waals surface area contributed by atoms with Crippen molar-refractivity contribution in [2.45, 2.75) is 21.6 Å². The van der Waals surface area contributed by atoms with Gasteiger partial charge in [-0.25, -0.2) is 5.26 Å². The zero-order valence-electron chi connectivity index (χ0n) is 31.5. The molecule has 0 spiro atoms. The molecule has 20 nitrogen and oxygen atoms in total. The Balaban J connectivity index is 1.28. The predicted molar refractivity (Wildman–Crippen MR) is 227 cm³/mol. The Kier molecular flexibility index (Phi) is 12.4. The van der Waals surface area contributed by atoms with Gasteiger partial charge in [-0.2, -0.15) is 42.4 Å². The Morgan fingerprint density at radius 2 is 1.06 bits per heavy atom. The van der Waals surface area contributed by atoms with Crippen molar-refractivity contribution in [3.05, 3.63) is 121 Å². The third kappa shape index (κ3) is 9.29. The van der Waals surface area contributed by atoms with Crippen LogP contribution in [0.2, 0.25) is 0 Å². The molecule has 7 rings (SSSR count). The molecule has 7 N–H and O–H groups in total. The van der Waals surface area contributed by atoms with Crippen LogP contribution in [0.25, 0.3) is 21.5 Å². The van der Waals surface area contributed by atoms with Crippen LogP contribution in [-0.2, 0) is 29.6 Å². The predicted octanol–water partition coefficient (Wildman–Crippen LogP) is 11.9. The van der Waals surface area contributed by atoms with Crippen LogP contribution >= 0.6 is 12.0 Å². The van der Waals surface area contributed by atoms with Crippen LogP contribution in [-0.4, -0.2) is 41.4 Å². The summed E-state index contributed by atoms with van der Waals surface area (Å²) in [5, 5.41) is 67.5. The topological polar surface area (TPSA) is 313 Å². The maximum Gasteiger partial charge on any atom is 0.296 e. The van der Waals surface area contributed by atoms with E-state index in [1.54, 1.807) is 54.6 Å². The van der Waals surface area contributed by atoms with Crippen molar-refractivity contribution in [2.75, 3.05) is 5.73 Å². The van der Waals surface area contributed by atoms with E-state index in [9.17, 15) is 36.2 Å². The van der Waals surface area contributed by atoms with Crippen molar-refractivity contribution in [1.29, 1.82) is 0 Å². The number of phenolic OH excluding ortho intramolecular Hbond substituents is 2. The Hall–Kier alpha value is -7.09. The summed E-state index contributed by atoms with van der Waals surface area (Å²) in [5.41, 5.74) is 6.95. The van der Waals surface area contributed by atoms with E-state index in [0.29, 0.717) is 29.1 Å². The van der Waals surface area contributed by atoms with Crippen LogP contribution < -0.4 is 5.73 Å². The number of rotatable bonds is 13. The molecule has 314 valence electrons. The SMILES string of the molecule is Cc1c(N=Nc2cc(S(=O)(=O)O)c3cc(SOOO)c(N=Nc4ccccc4)c(O)c3c2N)ccc2c(O)c(N=Nc3ccc(N=Nc4ccccc4)cc3)c(S(=O)(=O)O)cc12. The van der Waals surface area contributed by atoms with Crippen molar-refractivity contribution < 1.29 is 50.8 Å². The first-order valence-corrected chi connectivity index (χ1v) is 21.1. The van der Waals surface area contributed by atoms with Gasteiger partial charge in [-0.05, 0) is 96.7 Å². The summed E-state index contributed by atoms with van der Waals surface area (Å²) < 4.78 is 75.7. The molecule has 0 aliphatic carbocycles. The molecule has 7 aromatic carbocycles. The molecule has 62 heavy (non-hydrogen) atoms. The van der Waals surface area contributed by atoms with E-state index in [1.807, 2.05) is 18.2 Å². The second kappa shape index (κ2) is 17.9. The van der Waals surface area contributed by atoms with Crippen LogP contribution in [0.15, 0.2) is 171 Å². The molecule has 0 atom stereocenters. The number of phenols is 2. The van der Waals surface area contributed by atoms with Crippen molar-refractivity contribution in [1.82, 2.24) is 0 Å². The summed E-state index contributed by atoms with van der Waals surface area (Å²) >= 11 is 0.324. The molecule has 0 saturated heterocycles. The number of nitrogen functional groups attached to an aromatic ring is 1. The molecule has 0 radical (unpaired) electrons. The van der Waals surface area contributed by atoms with Gasteiger partial charge in [0.15, 0.2) is 11.5 Å². The average molecular weight is 896 g/mol. The highest BCUT2D eigenvalue weighted by atomic mass is 32.2. The normalized spacial score (nSPS) is 12.6. The maximum absolute atomic E-state index is 12.7. The molecular weight excluding hydrogens is 867 g/mol. The largest absolute Gasteiger partial charge is 0.505 e. The molecule has 0 aliphatic rings. The molecule has 0 fully saturated rings. The molecule has 0 heterocycles. The molecule has 0 aliphatic heterocycles. The molecular formula is C39H29N9O11S3. The van der Waals surface area contributed by atoms with Gasteiger partial charge in [0, 0.05) is 10.8 Å². The van der Waals surface area contributed by atoms with Crippen LogP contribution in [0.3, 0.4) is 0 Å². The van der Waals surface area contributed by atoms with Gasteiger partial charge in [0.05, 0.1) is 56.4 Å². The summed E-state index contributed by atoms with van der Waals surface area (Å²) in [6.07, 6.45) is 0. The summed E-state index contributed by atoms with van der Waals surface area (Å²) in [6, 6.07) is 29.5. The van der Waals surface area contributed by atoms with Crippen LogP contribution in [0.5, 0.6) is 11.5 Å². The molecule has 7 aromatic rings. The van der Waals surface area contributed by atoms with Crippen molar-refractivity contribution in [3.63, 3.8) is 0 Å².